The summed E-state index contributed by atoms with van der Waals surface area (Å²) in [6, 6.07) is 15.6. The number of carbonyl (C=O) groups excluding carboxylic acids is 1. The highest BCUT2D eigenvalue weighted by molar-refractivity contribution is 6.31. The third-order valence-electron chi connectivity index (χ3n) is 4.23. The Kier molecular flexibility index (Phi) is 4.67. The Labute approximate surface area is 164 Å². The average Bonchev–Trinajstić information content (AvgIpc) is 3.10. The summed E-state index contributed by atoms with van der Waals surface area (Å²) >= 11 is 6.22. The Morgan fingerprint density at radius 3 is 2.57 bits per heavy atom. The van der Waals surface area contributed by atoms with Gasteiger partial charge in [0.15, 0.2) is 11.5 Å². The molecule has 4 aromatic rings. The van der Waals surface area contributed by atoms with E-state index in [-0.39, 0.29) is 23.6 Å². The summed E-state index contributed by atoms with van der Waals surface area (Å²) in [5.41, 5.74) is 0.541. The molecule has 0 aliphatic heterocycles. The zero-order valence-corrected chi connectivity index (χ0v) is 15.6. The quantitative estimate of drug-likeness (QED) is 0.570. The molecule has 140 valence electrons. The second kappa shape index (κ2) is 7.28. The number of halogens is 1. The molecule has 0 atom stereocenters. The number of nitrogens with one attached hydrogen (secondary N) is 1. The second-order valence-corrected chi connectivity index (χ2v) is 6.63. The van der Waals surface area contributed by atoms with Gasteiger partial charge in [0.25, 0.3) is 11.5 Å². The van der Waals surface area contributed by atoms with Gasteiger partial charge < -0.3 is 9.84 Å². The second-order valence-electron chi connectivity index (χ2n) is 6.23. The van der Waals surface area contributed by atoms with E-state index < -0.39 is 5.91 Å². The van der Waals surface area contributed by atoms with Crippen LogP contribution in [0.25, 0.3) is 10.8 Å². The largest absolute Gasteiger partial charge is 0.360 e. The first-order valence-electron chi connectivity index (χ1n) is 8.51. The van der Waals surface area contributed by atoms with Crippen LogP contribution in [0.3, 0.4) is 0 Å². The zero-order valence-electron chi connectivity index (χ0n) is 14.8. The monoisotopic (exact) mass is 394 g/mol. The molecule has 2 heterocycles. The summed E-state index contributed by atoms with van der Waals surface area (Å²) in [4.78, 5) is 25.7. The van der Waals surface area contributed by atoms with E-state index in [1.54, 1.807) is 49.4 Å². The number of rotatable bonds is 4. The maximum atomic E-state index is 12.9. The third kappa shape index (κ3) is 3.39. The van der Waals surface area contributed by atoms with Crippen LogP contribution in [0.15, 0.2) is 63.9 Å². The van der Waals surface area contributed by atoms with Crippen molar-refractivity contribution in [3.05, 3.63) is 87.0 Å². The van der Waals surface area contributed by atoms with Gasteiger partial charge in [0.1, 0.15) is 5.76 Å². The van der Waals surface area contributed by atoms with Crippen LogP contribution in [0.1, 0.15) is 21.8 Å². The van der Waals surface area contributed by atoms with Gasteiger partial charge >= 0.3 is 0 Å². The molecule has 1 amide bonds. The van der Waals surface area contributed by atoms with Crippen LogP contribution in [0, 0.1) is 6.92 Å². The van der Waals surface area contributed by atoms with Crippen molar-refractivity contribution in [2.75, 3.05) is 5.32 Å². The lowest BCUT2D eigenvalue weighted by Crippen LogP contribution is -2.28. The molecule has 0 saturated carbocycles. The van der Waals surface area contributed by atoms with Crippen molar-refractivity contribution in [2.24, 2.45) is 0 Å². The van der Waals surface area contributed by atoms with E-state index in [2.05, 4.69) is 15.6 Å². The van der Waals surface area contributed by atoms with Crippen molar-refractivity contribution in [2.45, 2.75) is 13.5 Å². The van der Waals surface area contributed by atoms with Gasteiger partial charge in [0.2, 0.25) is 0 Å². The van der Waals surface area contributed by atoms with E-state index in [0.29, 0.717) is 21.6 Å². The number of amides is 1. The van der Waals surface area contributed by atoms with Gasteiger partial charge in [-0.15, -0.1) is 0 Å². The lowest BCUT2D eigenvalue weighted by molar-refractivity contribution is 0.102. The first-order chi connectivity index (χ1) is 13.5. The molecule has 8 heteroatoms. The highest BCUT2D eigenvalue weighted by Gasteiger charge is 2.18. The first kappa shape index (κ1) is 17.9. The molecule has 0 aliphatic carbocycles. The molecule has 0 radical (unpaired) electrons. The minimum Gasteiger partial charge on any atom is -0.360 e. The van der Waals surface area contributed by atoms with Crippen molar-refractivity contribution >= 4 is 34.1 Å². The lowest BCUT2D eigenvalue weighted by Gasteiger charge is -2.11. The topological polar surface area (TPSA) is 90.0 Å². The molecule has 2 aromatic heterocycles. The Hall–Kier alpha value is -3.45. The van der Waals surface area contributed by atoms with E-state index in [4.69, 9.17) is 16.1 Å². The standard InChI is InChI=1S/C20H15ClN4O3/c1-12-10-17(24-28-12)22-19(26)18-14-7-3-4-8-15(14)20(27)25(23-18)11-13-6-2-5-9-16(13)21/h2-10H,11H2,1H3,(H,22,24,26). The summed E-state index contributed by atoms with van der Waals surface area (Å²) < 4.78 is 6.21. The van der Waals surface area contributed by atoms with Gasteiger partial charge in [-0.3, -0.25) is 9.59 Å². The Morgan fingerprint density at radius 1 is 1.14 bits per heavy atom. The van der Waals surface area contributed by atoms with Gasteiger partial charge in [0.05, 0.1) is 11.9 Å². The molecule has 4 rings (SSSR count). The summed E-state index contributed by atoms with van der Waals surface area (Å²) in [6.45, 7) is 1.87. The summed E-state index contributed by atoms with van der Waals surface area (Å²) in [5, 5.41) is 12.1. The summed E-state index contributed by atoms with van der Waals surface area (Å²) in [7, 11) is 0. The van der Waals surface area contributed by atoms with E-state index in [1.165, 1.54) is 4.68 Å². The molecule has 0 bridgehead atoms. The number of nitrogens with zero attached hydrogens (tertiary/aromatic N) is 3. The third-order valence-corrected chi connectivity index (χ3v) is 4.60. The van der Waals surface area contributed by atoms with E-state index in [9.17, 15) is 9.59 Å². The predicted molar refractivity (Wildman–Crippen MR) is 106 cm³/mol. The Bertz CT molecular complexity index is 1250. The van der Waals surface area contributed by atoms with Crippen LogP contribution < -0.4 is 10.9 Å². The maximum absolute atomic E-state index is 12.9. The number of aryl methyl sites for hydroxylation is 1. The molecule has 2 aromatic carbocycles. The highest BCUT2D eigenvalue weighted by atomic mass is 35.5. The van der Waals surface area contributed by atoms with E-state index >= 15 is 0 Å². The van der Waals surface area contributed by atoms with E-state index in [0.717, 1.165) is 5.56 Å². The molecule has 0 unspecified atom stereocenters. The molecule has 0 aliphatic rings. The fourth-order valence-corrected chi connectivity index (χ4v) is 3.09. The predicted octanol–water partition coefficient (Wildman–Crippen LogP) is 3.65. The van der Waals surface area contributed by atoms with Crippen molar-refractivity contribution in [3.63, 3.8) is 0 Å². The van der Waals surface area contributed by atoms with Crippen LogP contribution >= 0.6 is 11.6 Å². The number of fused-ring (bicyclic) bond motifs is 1. The molecule has 28 heavy (non-hydrogen) atoms. The van der Waals surface area contributed by atoms with Crippen LogP contribution in [0.2, 0.25) is 5.02 Å². The van der Waals surface area contributed by atoms with Crippen LogP contribution in [0.4, 0.5) is 5.82 Å². The molecule has 1 N–H and O–H groups in total. The Balaban J connectivity index is 1.81. The van der Waals surface area contributed by atoms with Crippen molar-refractivity contribution < 1.29 is 9.32 Å². The van der Waals surface area contributed by atoms with Crippen molar-refractivity contribution in [1.82, 2.24) is 14.9 Å². The lowest BCUT2D eigenvalue weighted by atomic mass is 10.1. The van der Waals surface area contributed by atoms with Crippen LogP contribution in [-0.2, 0) is 6.54 Å². The normalized spacial score (nSPS) is 10.9. The molecule has 0 spiro atoms. The molecule has 7 nitrogen and oxygen atoms in total. The van der Waals surface area contributed by atoms with Crippen LogP contribution in [-0.4, -0.2) is 20.8 Å². The number of hydrogen-bond donors (Lipinski definition) is 1. The van der Waals surface area contributed by atoms with Crippen molar-refractivity contribution in [1.29, 1.82) is 0 Å². The summed E-state index contributed by atoms with van der Waals surface area (Å²) in [5.74, 6) is 0.353. The molecule has 0 saturated heterocycles. The van der Waals surface area contributed by atoms with Gasteiger partial charge in [0, 0.05) is 16.5 Å². The Morgan fingerprint density at radius 2 is 1.86 bits per heavy atom. The SMILES string of the molecule is Cc1cc(NC(=O)c2nn(Cc3ccccc3Cl)c(=O)c3ccccc23)no1. The number of anilines is 1. The summed E-state index contributed by atoms with van der Waals surface area (Å²) in [6.07, 6.45) is 0. The smallest absolute Gasteiger partial charge is 0.277 e. The fraction of sp³-hybridized carbons (Fsp3) is 0.100. The zero-order chi connectivity index (χ0) is 19.7. The number of carbonyl (C=O) groups is 1. The van der Waals surface area contributed by atoms with Gasteiger partial charge in [-0.05, 0) is 24.6 Å². The molecular weight excluding hydrogens is 380 g/mol. The van der Waals surface area contributed by atoms with Crippen LogP contribution in [0.5, 0.6) is 0 Å². The minimum absolute atomic E-state index is 0.114. The fourth-order valence-electron chi connectivity index (χ4n) is 2.90. The average molecular weight is 395 g/mol. The molecule has 0 fully saturated rings. The maximum Gasteiger partial charge on any atom is 0.277 e. The van der Waals surface area contributed by atoms with Gasteiger partial charge in [-0.2, -0.15) is 5.10 Å². The van der Waals surface area contributed by atoms with Gasteiger partial charge in [-0.1, -0.05) is 53.2 Å². The number of hydrogen-bond acceptors (Lipinski definition) is 5. The number of benzene rings is 2. The highest BCUT2D eigenvalue weighted by Crippen LogP contribution is 2.18. The van der Waals surface area contributed by atoms with Gasteiger partial charge in [-0.25, -0.2) is 4.68 Å². The first-order valence-corrected chi connectivity index (χ1v) is 8.88. The molecular formula is C20H15ClN4O3. The number of aromatic nitrogens is 3. The minimum atomic E-state index is -0.489. The van der Waals surface area contributed by atoms with E-state index in [1.807, 2.05) is 12.1 Å². The van der Waals surface area contributed by atoms with Crippen molar-refractivity contribution in [3.8, 4) is 0 Å².